The Morgan fingerprint density at radius 1 is 1.35 bits per heavy atom. The zero-order valence-electron chi connectivity index (χ0n) is 16.1. The van der Waals surface area contributed by atoms with Crippen LogP contribution in [0.3, 0.4) is 0 Å². The Bertz CT molecular complexity index is 887. The third kappa shape index (κ3) is 4.42. The minimum Gasteiger partial charge on any atom is -0.354 e. The van der Waals surface area contributed by atoms with E-state index in [1.165, 1.54) is 18.4 Å². The van der Waals surface area contributed by atoms with E-state index in [0.717, 1.165) is 24.2 Å². The standard InChI is InChI=1S/C18H28N4O3S/c1-6-7-13(2)19-18(23)11-10-17-20-15-12-14(26(24,25)21(3)4)8-9-16(15)22(17)5/h8-9,12-13H,6-7,10-11H2,1-5H3,(H,19,23)/t13-/m0/s1. The van der Waals surface area contributed by atoms with Crippen LogP contribution in [0.2, 0.25) is 0 Å². The molecular formula is C18H28N4O3S. The van der Waals surface area contributed by atoms with Crippen molar-refractivity contribution in [1.29, 1.82) is 0 Å². The van der Waals surface area contributed by atoms with Gasteiger partial charge in [-0.1, -0.05) is 13.3 Å². The van der Waals surface area contributed by atoms with Crippen LogP contribution in [0.5, 0.6) is 0 Å². The number of carbonyl (C=O) groups is 1. The molecule has 0 radical (unpaired) electrons. The fraction of sp³-hybridized carbons (Fsp3) is 0.556. The van der Waals surface area contributed by atoms with E-state index in [2.05, 4.69) is 17.2 Å². The summed E-state index contributed by atoms with van der Waals surface area (Å²) in [5.41, 5.74) is 1.46. The van der Waals surface area contributed by atoms with Crippen LogP contribution in [-0.4, -0.2) is 48.3 Å². The molecule has 1 heterocycles. The summed E-state index contributed by atoms with van der Waals surface area (Å²) in [4.78, 5) is 16.8. The Hall–Kier alpha value is -1.93. The van der Waals surface area contributed by atoms with Gasteiger partial charge < -0.3 is 9.88 Å². The average molecular weight is 381 g/mol. The van der Waals surface area contributed by atoms with E-state index in [1.54, 1.807) is 18.2 Å². The number of fused-ring (bicyclic) bond motifs is 1. The quantitative estimate of drug-likeness (QED) is 0.760. The molecular weight excluding hydrogens is 352 g/mol. The summed E-state index contributed by atoms with van der Waals surface area (Å²) in [6.07, 6.45) is 2.85. The van der Waals surface area contributed by atoms with Crippen LogP contribution in [0.15, 0.2) is 23.1 Å². The van der Waals surface area contributed by atoms with Gasteiger partial charge in [-0.05, 0) is 31.5 Å². The van der Waals surface area contributed by atoms with Crippen LogP contribution < -0.4 is 5.32 Å². The number of amides is 1. The molecule has 1 atom stereocenters. The Morgan fingerprint density at radius 3 is 2.65 bits per heavy atom. The molecule has 2 rings (SSSR count). The van der Waals surface area contributed by atoms with Crippen LogP contribution in [0.1, 0.15) is 38.9 Å². The number of nitrogens with zero attached hydrogens (tertiary/aromatic N) is 3. The third-order valence-electron chi connectivity index (χ3n) is 4.43. The number of aryl methyl sites for hydroxylation is 2. The van der Waals surface area contributed by atoms with Crippen molar-refractivity contribution in [1.82, 2.24) is 19.2 Å². The lowest BCUT2D eigenvalue weighted by Gasteiger charge is -2.12. The first-order valence-corrected chi connectivity index (χ1v) is 10.3. The second-order valence-electron chi connectivity index (χ2n) is 6.78. The van der Waals surface area contributed by atoms with Crippen molar-refractivity contribution in [3.8, 4) is 0 Å². The summed E-state index contributed by atoms with van der Waals surface area (Å²) in [5, 5.41) is 2.98. The number of hydrogen-bond donors (Lipinski definition) is 1. The van der Waals surface area contributed by atoms with Gasteiger partial charge in [-0.3, -0.25) is 4.79 Å². The maximum Gasteiger partial charge on any atom is 0.242 e. The molecule has 0 aliphatic heterocycles. The Balaban J connectivity index is 2.17. The van der Waals surface area contributed by atoms with E-state index < -0.39 is 10.0 Å². The normalized spacial score (nSPS) is 13.3. The first kappa shape index (κ1) is 20.4. The second kappa shape index (κ2) is 8.18. The van der Waals surface area contributed by atoms with Crippen molar-refractivity contribution in [2.75, 3.05) is 14.1 Å². The fourth-order valence-electron chi connectivity index (χ4n) is 2.90. The van der Waals surface area contributed by atoms with Crippen molar-refractivity contribution in [2.45, 2.75) is 50.5 Å². The van der Waals surface area contributed by atoms with Gasteiger partial charge in [-0.25, -0.2) is 17.7 Å². The van der Waals surface area contributed by atoms with Gasteiger partial charge in [0.25, 0.3) is 0 Å². The SMILES string of the molecule is CCC[C@H](C)NC(=O)CCc1nc2cc(S(=O)(=O)N(C)C)ccc2n1C. The van der Waals surface area contributed by atoms with Gasteiger partial charge in [-0.2, -0.15) is 0 Å². The Morgan fingerprint density at radius 2 is 2.04 bits per heavy atom. The minimum atomic E-state index is -3.50. The van der Waals surface area contributed by atoms with E-state index in [1.807, 2.05) is 18.5 Å². The number of benzene rings is 1. The molecule has 0 fully saturated rings. The molecule has 1 aromatic carbocycles. The average Bonchev–Trinajstić information content (AvgIpc) is 2.88. The summed E-state index contributed by atoms with van der Waals surface area (Å²) in [6, 6.07) is 5.09. The molecule has 1 N–H and O–H groups in total. The number of hydrogen-bond acceptors (Lipinski definition) is 4. The van der Waals surface area contributed by atoms with Crippen molar-refractivity contribution >= 4 is 27.0 Å². The smallest absolute Gasteiger partial charge is 0.242 e. The van der Waals surface area contributed by atoms with Crippen LogP contribution >= 0.6 is 0 Å². The predicted octanol–water partition coefficient (Wildman–Crippen LogP) is 2.06. The topological polar surface area (TPSA) is 84.3 Å². The molecule has 144 valence electrons. The number of rotatable bonds is 8. The van der Waals surface area contributed by atoms with Crippen LogP contribution in [-0.2, 0) is 28.3 Å². The number of carbonyl (C=O) groups excluding carboxylic acids is 1. The van der Waals surface area contributed by atoms with Gasteiger partial charge in [0.15, 0.2) is 0 Å². The molecule has 0 bridgehead atoms. The minimum absolute atomic E-state index is 0.00822. The first-order chi connectivity index (χ1) is 12.2. The van der Waals surface area contributed by atoms with E-state index in [0.29, 0.717) is 18.4 Å². The maximum atomic E-state index is 12.3. The molecule has 0 aliphatic carbocycles. The Kier molecular flexibility index (Phi) is 6.41. The molecule has 26 heavy (non-hydrogen) atoms. The molecule has 2 aromatic rings. The fourth-order valence-corrected chi connectivity index (χ4v) is 3.82. The first-order valence-electron chi connectivity index (χ1n) is 8.84. The molecule has 0 aliphatic rings. The van der Waals surface area contributed by atoms with Crippen molar-refractivity contribution in [3.05, 3.63) is 24.0 Å². The lowest BCUT2D eigenvalue weighted by atomic mass is 10.2. The highest BCUT2D eigenvalue weighted by Crippen LogP contribution is 2.21. The van der Waals surface area contributed by atoms with E-state index in [9.17, 15) is 13.2 Å². The summed E-state index contributed by atoms with van der Waals surface area (Å²) in [6.45, 7) is 4.09. The predicted molar refractivity (Wildman–Crippen MR) is 102 cm³/mol. The lowest BCUT2D eigenvalue weighted by Crippen LogP contribution is -2.32. The highest BCUT2D eigenvalue weighted by Gasteiger charge is 2.19. The van der Waals surface area contributed by atoms with Crippen molar-refractivity contribution in [2.24, 2.45) is 7.05 Å². The molecule has 0 unspecified atom stereocenters. The molecule has 0 spiro atoms. The van der Waals surface area contributed by atoms with Gasteiger partial charge >= 0.3 is 0 Å². The van der Waals surface area contributed by atoms with Crippen LogP contribution in [0.4, 0.5) is 0 Å². The molecule has 0 saturated heterocycles. The number of imidazole rings is 1. The summed E-state index contributed by atoms with van der Waals surface area (Å²) in [7, 11) is 1.38. The molecule has 0 saturated carbocycles. The highest BCUT2D eigenvalue weighted by atomic mass is 32.2. The van der Waals surface area contributed by atoms with Gasteiger partial charge in [0, 0.05) is 40.0 Å². The monoisotopic (exact) mass is 380 g/mol. The van der Waals surface area contributed by atoms with Gasteiger partial charge in [0.05, 0.1) is 15.9 Å². The zero-order valence-corrected chi connectivity index (χ0v) is 16.9. The molecule has 8 heteroatoms. The van der Waals surface area contributed by atoms with Crippen LogP contribution in [0, 0.1) is 0 Å². The largest absolute Gasteiger partial charge is 0.354 e. The lowest BCUT2D eigenvalue weighted by molar-refractivity contribution is -0.121. The molecule has 1 aromatic heterocycles. The van der Waals surface area contributed by atoms with E-state index in [-0.39, 0.29) is 16.8 Å². The number of aromatic nitrogens is 2. The third-order valence-corrected chi connectivity index (χ3v) is 6.24. The summed E-state index contributed by atoms with van der Waals surface area (Å²) in [5.74, 6) is 0.770. The van der Waals surface area contributed by atoms with Crippen LogP contribution in [0.25, 0.3) is 11.0 Å². The van der Waals surface area contributed by atoms with Crippen molar-refractivity contribution < 1.29 is 13.2 Å². The van der Waals surface area contributed by atoms with Gasteiger partial charge in [-0.15, -0.1) is 0 Å². The van der Waals surface area contributed by atoms with Gasteiger partial charge in [0.1, 0.15) is 5.82 Å². The van der Waals surface area contributed by atoms with E-state index in [4.69, 9.17) is 0 Å². The Labute approximate surface area is 155 Å². The number of sulfonamides is 1. The molecule has 7 nitrogen and oxygen atoms in total. The number of nitrogens with one attached hydrogen (secondary N) is 1. The molecule has 1 amide bonds. The summed E-state index contributed by atoms with van der Waals surface area (Å²) < 4.78 is 27.6. The van der Waals surface area contributed by atoms with Crippen molar-refractivity contribution in [3.63, 3.8) is 0 Å². The summed E-state index contributed by atoms with van der Waals surface area (Å²) >= 11 is 0. The van der Waals surface area contributed by atoms with Gasteiger partial charge in [0.2, 0.25) is 15.9 Å². The van der Waals surface area contributed by atoms with E-state index >= 15 is 0 Å². The highest BCUT2D eigenvalue weighted by molar-refractivity contribution is 7.89. The maximum absolute atomic E-state index is 12.3. The zero-order chi connectivity index (χ0) is 19.5. The second-order valence-corrected chi connectivity index (χ2v) is 8.93.